The number of hydrogen-bond donors (Lipinski definition) is 0. The van der Waals surface area contributed by atoms with Gasteiger partial charge in [0.2, 0.25) is 5.88 Å². The number of hydrogen-bond acceptors (Lipinski definition) is 9. The molecular formula is C28H19N5O5. The third-order valence-electron chi connectivity index (χ3n) is 6.64. The summed E-state index contributed by atoms with van der Waals surface area (Å²) in [5.41, 5.74) is 2.69. The Morgan fingerprint density at radius 2 is 1.79 bits per heavy atom. The summed E-state index contributed by atoms with van der Waals surface area (Å²) in [4.78, 5) is 27.1. The van der Waals surface area contributed by atoms with Gasteiger partial charge in [0.25, 0.3) is 0 Å². The van der Waals surface area contributed by atoms with Gasteiger partial charge in [0.15, 0.2) is 28.7 Å². The lowest BCUT2D eigenvalue weighted by Crippen LogP contribution is -2.22. The molecule has 1 aliphatic heterocycles. The number of rotatable bonds is 4. The number of para-hydroxylation sites is 2. The monoisotopic (exact) mass is 505 g/mol. The van der Waals surface area contributed by atoms with Gasteiger partial charge in [0.1, 0.15) is 11.9 Å². The van der Waals surface area contributed by atoms with Gasteiger partial charge in [-0.15, -0.1) is 5.10 Å². The third-order valence-corrected chi connectivity index (χ3v) is 6.64. The van der Waals surface area contributed by atoms with Gasteiger partial charge in [0, 0.05) is 23.5 Å². The Hall–Kier alpha value is -5.25. The van der Waals surface area contributed by atoms with Crippen molar-refractivity contribution < 1.29 is 18.6 Å². The molecule has 0 N–H and O–H groups in total. The van der Waals surface area contributed by atoms with Crippen LogP contribution >= 0.6 is 0 Å². The predicted octanol–water partition coefficient (Wildman–Crippen LogP) is 4.60. The zero-order chi connectivity index (χ0) is 25.8. The van der Waals surface area contributed by atoms with Gasteiger partial charge in [-0.3, -0.25) is 4.98 Å². The summed E-state index contributed by atoms with van der Waals surface area (Å²) in [5.74, 6) is 1.46. The van der Waals surface area contributed by atoms with E-state index in [1.165, 1.54) is 0 Å². The summed E-state index contributed by atoms with van der Waals surface area (Å²) in [5, 5.41) is 5.28. The fraction of sp³-hybridized carbons (Fsp3) is 0.107. The van der Waals surface area contributed by atoms with Gasteiger partial charge < -0.3 is 18.6 Å². The highest BCUT2D eigenvalue weighted by molar-refractivity contribution is 5.87. The van der Waals surface area contributed by atoms with Crippen molar-refractivity contribution in [3.63, 3.8) is 0 Å². The summed E-state index contributed by atoms with van der Waals surface area (Å²) >= 11 is 0. The molecule has 6 aromatic rings. The SMILES string of the molecule is COc1cccc(C2c3c(c4ccccc4oc3=O)Oc3ncn4nc(-c5ccncc5)nc4c32)c1OC. The molecule has 0 radical (unpaired) electrons. The maximum Gasteiger partial charge on any atom is 0.344 e. The fourth-order valence-electron chi connectivity index (χ4n) is 5.00. The Labute approximate surface area is 215 Å². The number of fused-ring (bicyclic) bond motifs is 6. The molecule has 10 heteroatoms. The molecule has 2 aromatic carbocycles. The predicted molar refractivity (Wildman–Crippen MR) is 137 cm³/mol. The molecule has 0 bridgehead atoms. The molecule has 0 fully saturated rings. The van der Waals surface area contributed by atoms with Crippen LogP contribution in [0, 0.1) is 0 Å². The number of aromatic nitrogens is 5. The van der Waals surface area contributed by atoms with Crippen LogP contribution in [0.4, 0.5) is 0 Å². The lowest BCUT2D eigenvalue weighted by atomic mass is 9.83. The maximum atomic E-state index is 13.6. The van der Waals surface area contributed by atoms with Crippen LogP contribution in [0.15, 0.2) is 82.5 Å². The maximum absolute atomic E-state index is 13.6. The zero-order valence-electron chi connectivity index (χ0n) is 20.3. The minimum atomic E-state index is -0.703. The number of ether oxygens (including phenoxy) is 3. The largest absolute Gasteiger partial charge is 0.493 e. The molecule has 0 saturated carbocycles. The van der Waals surface area contributed by atoms with E-state index in [4.69, 9.17) is 23.6 Å². The van der Waals surface area contributed by atoms with Crippen molar-refractivity contribution in [3.05, 3.63) is 100 Å². The Balaban J connectivity index is 1.59. The molecule has 7 rings (SSSR count). The first-order valence-corrected chi connectivity index (χ1v) is 11.8. The molecule has 186 valence electrons. The van der Waals surface area contributed by atoms with Crippen LogP contribution in [0.5, 0.6) is 23.1 Å². The molecule has 1 aliphatic rings. The summed E-state index contributed by atoms with van der Waals surface area (Å²) in [6.07, 6.45) is 4.90. The van der Waals surface area contributed by atoms with E-state index in [1.54, 1.807) is 55.7 Å². The average Bonchev–Trinajstić information content (AvgIpc) is 3.41. The summed E-state index contributed by atoms with van der Waals surface area (Å²) in [6.45, 7) is 0. The van der Waals surface area contributed by atoms with E-state index >= 15 is 0 Å². The first kappa shape index (κ1) is 22.0. The first-order chi connectivity index (χ1) is 18.7. The number of pyridine rings is 1. The van der Waals surface area contributed by atoms with Gasteiger partial charge in [-0.25, -0.2) is 19.3 Å². The first-order valence-electron chi connectivity index (χ1n) is 11.8. The second-order valence-electron chi connectivity index (χ2n) is 8.65. The molecule has 0 amide bonds. The van der Waals surface area contributed by atoms with Crippen LogP contribution in [0.3, 0.4) is 0 Å². The number of benzene rings is 2. The number of nitrogens with zero attached hydrogens (tertiary/aromatic N) is 5. The van der Waals surface area contributed by atoms with Crippen LogP contribution < -0.4 is 19.8 Å². The van der Waals surface area contributed by atoms with E-state index in [-0.39, 0.29) is 0 Å². The molecule has 5 heterocycles. The van der Waals surface area contributed by atoms with Crippen molar-refractivity contribution in [3.8, 4) is 34.5 Å². The van der Waals surface area contributed by atoms with E-state index in [2.05, 4.69) is 15.1 Å². The van der Waals surface area contributed by atoms with E-state index in [1.807, 2.05) is 36.4 Å². The van der Waals surface area contributed by atoms with Crippen molar-refractivity contribution in [2.24, 2.45) is 0 Å². The summed E-state index contributed by atoms with van der Waals surface area (Å²) < 4.78 is 25.1. The smallest absolute Gasteiger partial charge is 0.344 e. The molecular weight excluding hydrogens is 486 g/mol. The van der Waals surface area contributed by atoms with Crippen LogP contribution in [0.2, 0.25) is 0 Å². The molecule has 4 aromatic heterocycles. The standard InChI is InChI=1S/C28H19N5O5/c1-35-19-9-5-7-17(23(19)36-2)20-21-24(16-6-3-4-8-18(16)37-28(21)34)38-27-22(20)26-31-25(32-33(26)14-30-27)15-10-12-29-13-11-15/h3-14,20H,1-2H3. The molecule has 0 saturated heterocycles. The van der Waals surface area contributed by atoms with Crippen molar-refractivity contribution in [2.75, 3.05) is 14.2 Å². The second kappa shape index (κ2) is 8.41. The minimum Gasteiger partial charge on any atom is -0.493 e. The Kier molecular flexibility index (Phi) is 4.87. The summed E-state index contributed by atoms with van der Waals surface area (Å²) in [6, 6.07) is 16.4. The summed E-state index contributed by atoms with van der Waals surface area (Å²) in [7, 11) is 3.12. The molecule has 38 heavy (non-hydrogen) atoms. The Bertz CT molecular complexity index is 1920. The van der Waals surface area contributed by atoms with Gasteiger partial charge in [-0.2, -0.15) is 0 Å². The van der Waals surface area contributed by atoms with E-state index in [0.29, 0.717) is 62.3 Å². The van der Waals surface area contributed by atoms with Crippen LogP contribution in [-0.4, -0.2) is 38.8 Å². The van der Waals surface area contributed by atoms with Crippen LogP contribution in [-0.2, 0) is 0 Å². The minimum absolute atomic E-state index is 0.310. The van der Waals surface area contributed by atoms with Crippen molar-refractivity contribution in [1.82, 2.24) is 24.6 Å². The van der Waals surface area contributed by atoms with Gasteiger partial charge in [0.05, 0.1) is 36.7 Å². The quantitative estimate of drug-likeness (QED) is 0.317. The molecule has 1 atom stereocenters. The molecule has 1 unspecified atom stereocenters. The average molecular weight is 505 g/mol. The van der Waals surface area contributed by atoms with Crippen LogP contribution in [0.1, 0.15) is 22.6 Å². The normalized spacial score (nSPS) is 14.1. The number of methoxy groups -OCH3 is 2. The third kappa shape index (κ3) is 3.16. The lowest BCUT2D eigenvalue weighted by molar-refractivity contribution is 0.349. The second-order valence-corrected chi connectivity index (χ2v) is 8.65. The lowest BCUT2D eigenvalue weighted by Gasteiger charge is -2.28. The fourth-order valence-corrected chi connectivity index (χ4v) is 5.00. The topological polar surface area (TPSA) is 114 Å². The van der Waals surface area contributed by atoms with Gasteiger partial charge >= 0.3 is 5.63 Å². The van der Waals surface area contributed by atoms with E-state index in [0.717, 1.165) is 5.56 Å². The molecule has 0 aliphatic carbocycles. The Morgan fingerprint density at radius 3 is 2.61 bits per heavy atom. The highest BCUT2D eigenvalue weighted by Crippen LogP contribution is 2.51. The molecule has 10 nitrogen and oxygen atoms in total. The molecule has 0 spiro atoms. The van der Waals surface area contributed by atoms with Gasteiger partial charge in [-0.1, -0.05) is 24.3 Å². The van der Waals surface area contributed by atoms with Crippen LogP contribution in [0.25, 0.3) is 28.0 Å². The van der Waals surface area contributed by atoms with Crippen molar-refractivity contribution in [2.45, 2.75) is 5.92 Å². The zero-order valence-corrected chi connectivity index (χ0v) is 20.3. The van der Waals surface area contributed by atoms with E-state index in [9.17, 15) is 4.79 Å². The Morgan fingerprint density at radius 1 is 0.947 bits per heavy atom. The van der Waals surface area contributed by atoms with Crippen molar-refractivity contribution in [1.29, 1.82) is 0 Å². The van der Waals surface area contributed by atoms with Crippen molar-refractivity contribution >= 4 is 16.6 Å². The highest BCUT2D eigenvalue weighted by atomic mass is 16.5. The van der Waals surface area contributed by atoms with E-state index < -0.39 is 11.5 Å². The highest BCUT2D eigenvalue weighted by Gasteiger charge is 2.39. The van der Waals surface area contributed by atoms with Gasteiger partial charge in [-0.05, 0) is 30.3 Å².